The van der Waals surface area contributed by atoms with Crippen molar-refractivity contribution >= 4 is 31.5 Å². The smallest absolute Gasteiger partial charge is 0.0702 e. The summed E-state index contributed by atoms with van der Waals surface area (Å²) in [5, 5.41) is 2.50. The zero-order valence-electron chi connectivity index (χ0n) is 10.1. The van der Waals surface area contributed by atoms with Gasteiger partial charge in [-0.15, -0.1) is 11.3 Å². The van der Waals surface area contributed by atoms with Crippen molar-refractivity contribution in [3.63, 3.8) is 0 Å². The molecule has 89 valence electrons. The summed E-state index contributed by atoms with van der Waals surface area (Å²) in [7, 11) is 0. The molecular weight excluding hydrogens is 250 g/mol. The highest BCUT2D eigenvalue weighted by Gasteiger charge is 2.06. The highest BCUT2D eigenvalue weighted by atomic mass is 32.1. The summed E-state index contributed by atoms with van der Waals surface area (Å²) < 4.78 is 2.58. The molecule has 2 aromatic carbocycles. The first-order valence-corrected chi connectivity index (χ1v) is 6.98. The van der Waals surface area contributed by atoms with Gasteiger partial charge in [0.05, 0.1) is 5.69 Å². The largest absolute Gasteiger partial charge is 0.256 e. The van der Waals surface area contributed by atoms with Crippen LogP contribution in [0.3, 0.4) is 0 Å². The van der Waals surface area contributed by atoms with Crippen molar-refractivity contribution in [1.82, 2.24) is 4.98 Å². The molecule has 19 heavy (non-hydrogen) atoms. The first-order chi connectivity index (χ1) is 9.42. The molecule has 2 aromatic heterocycles. The number of rotatable bonds is 1. The lowest BCUT2D eigenvalue weighted by Crippen LogP contribution is -1.80. The van der Waals surface area contributed by atoms with Crippen LogP contribution in [-0.2, 0) is 0 Å². The molecule has 0 aliphatic rings. The maximum atomic E-state index is 4.39. The molecule has 2 heterocycles. The van der Waals surface area contributed by atoms with Crippen LogP contribution in [0, 0.1) is 6.07 Å². The van der Waals surface area contributed by atoms with E-state index in [1.54, 1.807) is 0 Å². The van der Waals surface area contributed by atoms with Gasteiger partial charge in [-0.1, -0.05) is 24.3 Å². The van der Waals surface area contributed by atoms with E-state index in [2.05, 4.69) is 41.4 Å². The summed E-state index contributed by atoms with van der Waals surface area (Å²) in [6.45, 7) is 0. The Bertz CT molecular complexity index is 862. The van der Waals surface area contributed by atoms with Crippen molar-refractivity contribution in [3.8, 4) is 11.3 Å². The summed E-state index contributed by atoms with van der Waals surface area (Å²) in [5.41, 5.74) is 2.12. The van der Waals surface area contributed by atoms with E-state index in [4.69, 9.17) is 0 Å². The molecule has 2 heteroatoms. The SMILES string of the molecule is [c]1cc(-c2ccccn2)cc2sc3ccccc3c12. The number of nitrogens with zero attached hydrogens (tertiary/aromatic N) is 1. The van der Waals surface area contributed by atoms with Crippen molar-refractivity contribution in [2.75, 3.05) is 0 Å². The van der Waals surface area contributed by atoms with E-state index >= 15 is 0 Å². The monoisotopic (exact) mass is 260 g/mol. The van der Waals surface area contributed by atoms with E-state index < -0.39 is 0 Å². The molecule has 0 spiro atoms. The topological polar surface area (TPSA) is 12.9 Å². The van der Waals surface area contributed by atoms with Crippen LogP contribution >= 0.6 is 11.3 Å². The lowest BCUT2D eigenvalue weighted by Gasteiger charge is -1.99. The molecule has 0 amide bonds. The molecule has 0 bridgehead atoms. The highest BCUT2D eigenvalue weighted by Crippen LogP contribution is 2.35. The van der Waals surface area contributed by atoms with Crippen LogP contribution in [0.4, 0.5) is 0 Å². The third kappa shape index (κ3) is 1.72. The number of pyridine rings is 1. The lowest BCUT2D eigenvalue weighted by molar-refractivity contribution is 1.33. The van der Waals surface area contributed by atoms with Crippen LogP contribution in [0.25, 0.3) is 31.4 Å². The number of benzene rings is 2. The summed E-state index contributed by atoms with van der Waals surface area (Å²) in [5.74, 6) is 0. The Balaban J connectivity index is 1.99. The zero-order chi connectivity index (χ0) is 12.7. The third-order valence-electron chi connectivity index (χ3n) is 3.24. The average Bonchev–Trinajstić information content (AvgIpc) is 2.86. The first kappa shape index (κ1) is 10.7. The first-order valence-electron chi connectivity index (χ1n) is 6.16. The van der Waals surface area contributed by atoms with E-state index in [0.29, 0.717) is 0 Å². The maximum Gasteiger partial charge on any atom is 0.0702 e. The molecule has 1 nitrogen and oxygen atoms in total. The molecule has 4 rings (SSSR count). The zero-order valence-corrected chi connectivity index (χ0v) is 10.9. The fourth-order valence-corrected chi connectivity index (χ4v) is 3.45. The molecule has 0 atom stereocenters. The molecular formula is C17H10NS. The van der Waals surface area contributed by atoms with Gasteiger partial charge in [0, 0.05) is 31.9 Å². The van der Waals surface area contributed by atoms with Crippen LogP contribution in [0.1, 0.15) is 0 Å². The fraction of sp³-hybridized carbons (Fsp3) is 0. The third-order valence-corrected chi connectivity index (χ3v) is 4.36. The molecule has 0 saturated carbocycles. The van der Waals surface area contributed by atoms with Crippen LogP contribution in [0.5, 0.6) is 0 Å². The second-order valence-corrected chi connectivity index (χ2v) is 5.52. The van der Waals surface area contributed by atoms with Gasteiger partial charge in [0.2, 0.25) is 0 Å². The van der Waals surface area contributed by atoms with Gasteiger partial charge >= 0.3 is 0 Å². The number of hydrogen-bond donors (Lipinski definition) is 0. The van der Waals surface area contributed by atoms with Crippen LogP contribution in [0.2, 0.25) is 0 Å². The van der Waals surface area contributed by atoms with Gasteiger partial charge < -0.3 is 0 Å². The Hall–Kier alpha value is -2.19. The average molecular weight is 260 g/mol. The Morgan fingerprint density at radius 3 is 2.74 bits per heavy atom. The van der Waals surface area contributed by atoms with Crippen molar-refractivity contribution < 1.29 is 0 Å². The van der Waals surface area contributed by atoms with Gasteiger partial charge in [0.15, 0.2) is 0 Å². The summed E-state index contributed by atoms with van der Waals surface area (Å²) in [6, 6.07) is 22.1. The molecule has 0 N–H and O–H groups in total. The molecule has 1 radical (unpaired) electrons. The highest BCUT2D eigenvalue weighted by molar-refractivity contribution is 7.25. The van der Waals surface area contributed by atoms with E-state index in [0.717, 1.165) is 11.3 Å². The quantitative estimate of drug-likeness (QED) is 0.473. The minimum atomic E-state index is 0.998. The van der Waals surface area contributed by atoms with Crippen LogP contribution in [0.15, 0.2) is 60.8 Å². The standard InChI is InChI=1S/C17H10NS/c1-2-7-16-13(5-1)14-9-8-12(11-17(14)19-16)15-6-3-4-10-18-15/h1-8,10-11H. The molecule has 0 fully saturated rings. The molecule has 0 aliphatic carbocycles. The Kier molecular flexibility index (Phi) is 2.35. The predicted octanol–water partition coefficient (Wildman–Crippen LogP) is 4.92. The normalized spacial score (nSPS) is 11.2. The van der Waals surface area contributed by atoms with Gasteiger partial charge in [0.1, 0.15) is 0 Å². The van der Waals surface area contributed by atoms with E-state index in [1.807, 2.05) is 41.8 Å². The van der Waals surface area contributed by atoms with Crippen molar-refractivity contribution in [2.24, 2.45) is 0 Å². The van der Waals surface area contributed by atoms with Gasteiger partial charge in [0.25, 0.3) is 0 Å². The van der Waals surface area contributed by atoms with E-state index in [-0.39, 0.29) is 0 Å². The maximum absolute atomic E-state index is 4.39. The summed E-state index contributed by atoms with van der Waals surface area (Å²) in [4.78, 5) is 4.39. The van der Waals surface area contributed by atoms with Crippen LogP contribution in [-0.4, -0.2) is 4.98 Å². The summed E-state index contributed by atoms with van der Waals surface area (Å²) in [6.07, 6.45) is 1.82. The van der Waals surface area contributed by atoms with Crippen LogP contribution < -0.4 is 0 Å². The van der Waals surface area contributed by atoms with Gasteiger partial charge in [-0.3, -0.25) is 4.98 Å². The number of fused-ring (bicyclic) bond motifs is 3. The number of hydrogen-bond acceptors (Lipinski definition) is 2. The second kappa shape index (κ2) is 4.18. The molecule has 4 aromatic rings. The van der Waals surface area contributed by atoms with Crippen molar-refractivity contribution in [1.29, 1.82) is 0 Å². The summed E-state index contributed by atoms with van der Waals surface area (Å²) >= 11 is 1.81. The fourth-order valence-electron chi connectivity index (χ4n) is 2.33. The lowest BCUT2D eigenvalue weighted by atomic mass is 10.1. The molecule has 0 unspecified atom stereocenters. The second-order valence-electron chi connectivity index (χ2n) is 4.44. The molecule has 0 saturated heterocycles. The Labute approximate surface area is 115 Å². The minimum Gasteiger partial charge on any atom is -0.256 e. The van der Waals surface area contributed by atoms with Crippen molar-refractivity contribution in [3.05, 3.63) is 66.9 Å². The van der Waals surface area contributed by atoms with Gasteiger partial charge in [-0.25, -0.2) is 0 Å². The Morgan fingerprint density at radius 2 is 1.84 bits per heavy atom. The van der Waals surface area contributed by atoms with E-state index in [9.17, 15) is 0 Å². The Morgan fingerprint density at radius 1 is 0.947 bits per heavy atom. The van der Waals surface area contributed by atoms with E-state index in [1.165, 1.54) is 20.2 Å². The number of aromatic nitrogens is 1. The number of thiophene rings is 1. The molecule has 0 aliphatic heterocycles. The van der Waals surface area contributed by atoms with Crippen molar-refractivity contribution in [2.45, 2.75) is 0 Å². The predicted molar refractivity (Wildman–Crippen MR) is 81.4 cm³/mol. The van der Waals surface area contributed by atoms with Gasteiger partial charge in [-0.05, 0) is 36.4 Å². The minimum absolute atomic E-state index is 0.998. The van der Waals surface area contributed by atoms with Gasteiger partial charge in [-0.2, -0.15) is 0 Å².